The van der Waals surface area contributed by atoms with Crippen LogP contribution in [0.5, 0.6) is 0 Å². The molecule has 0 aromatic heterocycles. The van der Waals surface area contributed by atoms with E-state index in [1.807, 2.05) is 0 Å². The number of carbonyl (C=O) groups is 1. The molecule has 0 heterocycles. The summed E-state index contributed by atoms with van der Waals surface area (Å²) in [5, 5.41) is 2.79. The molecule has 5 N–H and O–H groups in total. The van der Waals surface area contributed by atoms with E-state index in [0.29, 0.717) is 13.1 Å². The fraction of sp³-hybridized carbons (Fsp3) is 0.889. The van der Waals surface area contributed by atoms with E-state index < -0.39 is 0 Å². The Labute approximate surface area is 79.0 Å². The number of rotatable bonds is 3. The van der Waals surface area contributed by atoms with Crippen LogP contribution in [0.25, 0.3) is 0 Å². The Kier molecular flexibility index (Phi) is 4.18. The van der Waals surface area contributed by atoms with Gasteiger partial charge in [0.05, 0.1) is 5.92 Å². The second-order valence-corrected chi connectivity index (χ2v) is 3.63. The standard InChI is InChI=1S/C9H19N3O/c10-5-6-12-9(13)7-3-1-2-4-8(7)11/h7-8H,1-6,10-11H2,(H,12,13)/t7-,8+/m1/s1. The van der Waals surface area contributed by atoms with E-state index in [4.69, 9.17) is 11.5 Å². The first kappa shape index (κ1) is 10.5. The van der Waals surface area contributed by atoms with Crippen molar-refractivity contribution < 1.29 is 4.79 Å². The molecule has 1 saturated carbocycles. The molecule has 0 saturated heterocycles. The van der Waals surface area contributed by atoms with Crippen LogP contribution in [0.3, 0.4) is 0 Å². The topological polar surface area (TPSA) is 81.1 Å². The molecule has 1 amide bonds. The molecule has 2 atom stereocenters. The molecule has 1 rings (SSSR count). The first-order valence-electron chi connectivity index (χ1n) is 4.99. The average Bonchev–Trinajstić information content (AvgIpc) is 2.15. The highest BCUT2D eigenvalue weighted by molar-refractivity contribution is 5.79. The lowest BCUT2D eigenvalue weighted by Crippen LogP contribution is -2.44. The number of nitrogens with one attached hydrogen (secondary N) is 1. The Morgan fingerprint density at radius 2 is 2.08 bits per heavy atom. The average molecular weight is 185 g/mol. The smallest absolute Gasteiger partial charge is 0.224 e. The summed E-state index contributed by atoms with van der Waals surface area (Å²) in [5.41, 5.74) is 11.2. The van der Waals surface area contributed by atoms with Gasteiger partial charge in [0.15, 0.2) is 0 Å². The minimum atomic E-state index is 0.0142. The number of hydrogen-bond acceptors (Lipinski definition) is 3. The van der Waals surface area contributed by atoms with Crippen LogP contribution in [0, 0.1) is 5.92 Å². The van der Waals surface area contributed by atoms with Gasteiger partial charge >= 0.3 is 0 Å². The molecule has 13 heavy (non-hydrogen) atoms. The summed E-state index contributed by atoms with van der Waals surface area (Å²) >= 11 is 0. The minimum absolute atomic E-state index is 0.0142. The van der Waals surface area contributed by atoms with Crippen molar-refractivity contribution in [3.63, 3.8) is 0 Å². The molecule has 0 spiro atoms. The van der Waals surface area contributed by atoms with Gasteiger partial charge in [0, 0.05) is 19.1 Å². The molecule has 4 nitrogen and oxygen atoms in total. The Morgan fingerprint density at radius 1 is 1.38 bits per heavy atom. The first-order chi connectivity index (χ1) is 6.25. The molecule has 4 heteroatoms. The summed E-state index contributed by atoms with van der Waals surface area (Å²) in [5.74, 6) is 0.0953. The van der Waals surface area contributed by atoms with Crippen LogP contribution in [0.4, 0.5) is 0 Å². The summed E-state index contributed by atoms with van der Waals surface area (Å²) in [6.07, 6.45) is 4.18. The summed E-state index contributed by atoms with van der Waals surface area (Å²) in [6, 6.07) is 0.0477. The third-order valence-electron chi connectivity index (χ3n) is 2.60. The molecule has 0 aromatic carbocycles. The quantitative estimate of drug-likeness (QED) is 0.558. The molecule has 1 aliphatic carbocycles. The summed E-state index contributed by atoms with van der Waals surface area (Å²) in [6.45, 7) is 1.05. The summed E-state index contributed by atoms with van der Waals surface area (Å²) in [4.78, 5) is 11.5. The monoisotopic (exact) mass is 185 g/mol. The van der Waals surface area contributed by atoms with Crippen LogP contribution in [0.1, 0.15) is 25.7 Å². The van der Waals surface area contributed by atoms with Gasteiger partial charge in [-0.25, -0.2) is 0 Å². The van der Waals surface area contributed by atoms with Crippen LogP contribution in [-0.2, 0) is 4.79 Å². The molecule has 76 valence electrons. The van der Waals surface area contributed by atoms with Gasteiger partial charge in [-0.15, -0.1) is 0 Å². The van der Waals surface area contributed by atoms with E-state index in [1.165, 1.54) is 0 Å². The SMILES string of the molecule is NCCNC(=O)[C@@H]1CCCC[C@@H]1N. The van der Waals surface area contributed by atoms with Gasteiger partial charge < -0.3 is 16.8 Å². The number of nitrogens with two attached hydrogens (primary N) is 2. The van der Waals surface area contributed by atoms with Crippen LogP contribution in [-0.4, -0.2) is 25.0 Å². The second kappa shape index (κ2) is 5.19. The molecule has 1 fully saturated rings. The molecule has 0 unspecified atom stereocenters. The number of amides is 1. The van der Waals surface area contributed by atoms with Crippen molar-refractivity contribution >= 4 is 5.91 Å². The zero-order valence-corrected chi connectivity index (χ0v) is 7.96. The van der Waals surface area contributed by atoms with Crippen LogP contribution < -0.4 is 16.8 Å². The van der Waals surface area contributed by atoms with E-state index in [1.54, 1.807) is 0 Å². The number of carbonyl (C=O) groups excluding carboxylic acids is 1. The maximum absolute atomic E-state index is 11.5. The summed E-state index contributed by atoms with van der Waals surface area (Å²) < 4.78 is 0. The highest BCUT2D eigenvalue weighted by Crippen LogP contribution is 2.22. The van der Waals surface area contributed by atoms with Crippen molar-refractivity contribution in [2.75, 3.05) is 13.1 Å². The predicted octanol–water partition coefficient (Wildman–Crippen LogP) is -0.421. The molecule has 0 bridgehead atoms. The molecule has 1 aliphatic rings. The Hall–Kier alpha value is -0.610. The van der Waals surface area contributed by atoms with E-state index in [0.717, 1.165) is 25.7 Å². The maximum Gasteiger partial charge on any atom is 0.224 e. The largest absolute Gasteiger partial charge is 0.355 e. The predicted molar refractivity (Wildman–Crippen MR) is 52.0 cm³/mol. The normalized spacial score (nSPS) is 28.5. The lowest BCUT2D eigenvalue weighted by Gasteiger charge is -2.27. The van der Waals surface area contributed by atoms with Crippen molar-refractivity contribution in [2.45, 2.75) is 31.7 Å². The van der Waals surface area contributed by atoms with E-state index in [9.17, 15) is 4.79 Å². The Bertz CT molecular complexity index is 172. The van der Waals surface area contributed by atoms with Crippen molar-refractivity contribution in [1.29, 1.82) is 0 Å². The lowest BCUT2D eigenvalue weighted by atomic mass is 9.84. The van der Waals surface area contributed by atoms with Gasteiger partial charge in [0.1, 0.15) is 0 Å². The Balaban J connectivity index is 2.35. The van der Waals surface area contributed by atoms with Crippen molar-refractivity contribution in [2.24, 2.45) is 17.4 Å². The number of hydrogen-bond donors (Lipinski definition) is 3. The fourth-order valence-electron chi connectivity index (χ4n) is 1.81. The maximum atomic E-state index is 11.5. The minimum Gasteiger partial charge on any atom is -0.355 e. The zero-order valence-electron chi connectivity index (χ0n) is 7.96. The van der Waals surface area contributed by atoms with Gasteiger partial charge in [-0.3, -0.25) is 4.79 Å². The van der Waals surface area contributed by atoms with E-state index >= 15 is 0 Å². The Morgan fingerprint density at radius 3 is 2.69 bits per heavy atom. The summed E-state index contributed by atoms with van der Waals surface area (Å²) in [7, 11) is 0. The van der Waals surface area contributed by atoms with Crippen molar-refractivity contribution in [3.8, 4) is 0 Å². The third-order valence-corrected chi connectivity index (χ3v) is 2.60. The highest BCUT2D eigenvalue weighted by atomic mass is 16.1. The molecule has 0 aliphatic heterocycles. The molecular weight excluding hydrogens is 166 g/mol. The van der Waals surface area contributed by atoms with Gasteiger partial charge in [-0.1, -0.05) is 12.8 Å². The van der Waals surface area contributed by atoms with Crippen molar-refractivity contribution in [3.05, 3.63) is 0 Å². The molecule has 0 aromatic rings. The zero-order chi connectivity index (χ0) is 9.68. The van der Waals surface area contributed by atoms with E-state index in [2.05, 4.69) is 5.32 Å². The van der Waals surface area contributed by atoms with Gasteiger partial charge in [-0.2, -0.15) is 0 Å². The van der Waals surface area contributed by atoms with E-state index in [-0.39, 0.29) is 17.9 Å². The lowest BCUT2D eigenvalue weighted by molar-refractivity contribution is -0.126. The third kappa shape index (κ3) is 2.97. The highest BCUT2D eigenvalue weighted by Gasteiger charge is 2.27. The fourth-order valence-corrected chi connectivity index (χ4v) is 1.81. The van der Waals surface area contributed by atoms with Crippen LogP contribution in [0.15, 0.2) is 0 Å². The van der Waals surface area contributed by atoms with Crippen molar-refractivity contribution in [1.82, 2.24) is 5.32 Å². The molecular formula is C9H19N3O. The van der Waals surface area contributed by atoms with Crippen LogP contribution in [0.2, 0.25) is 0 Å². The van der Waals surface area contributed by atoms with Crippen LogP contribution >= 0.6 is 0 Å². The van der Waals surface area contributed by atoms with Gasteiger partial charge in [0.2, 0.25) is 5.91 Å². The molecule has 0 radical (unpaired) electrons. The first-order valence-corrected chi connectivity index (χ1v) is 4.99. The van der Waals surface area contributed by atoms with Gasteiger partial charge in [0.25, 0.3) is 0 Å². The second-order valence-electron chi connectivity index (χ2n) is 3.63. The van der Waals surface area contributed by atoms with Gasteiger partial charge in [-0.05, 0) is 12.8 Å².